The molecule has 0 saturated carbocycles. The van der Waals surface area contributed by atoms with E-state index in [2.05, 4.69) is 0 Å². The number of halogens is 3. The van der Waals surface area contributed by atoms with Crippen molar-refractivity contribution in [2.24, 2.45) is 5.92 Å². The van der Waals surface area contributed by atoms with Crippen LogP contribution in [0.2, 0.25) is 0 Å². The molecule has 0 amide bonds. The van der Waals surface area contributed by atoms with Gasteiger partial charge in [0.1, 0.15) is 12.0 Å². The molecular formula is C11H9F3O2. The summed E-state index contributed by atoms with van der Waals surface area (Å²) >= 11 is 0. The minimum Gasteiger partial charge on any atom is -0.493 e. The van der Waals surface area contributed by atoms with Gasteiger partial charge in [0.2, 0.25) is 0 Å². The summed E-state index contributed by atoms with van der Waals surface area (Å²) in [6.07, 6.45) is -3.34. The first-order valence-corrected chi connectivity index (χ1v) is 4.79. The smallest absolute Gasteiger partial charge is 0.416 e. The van der Waals surface area contributed by atoms with Gasteiger partial charge in [0.05, 0.1) is 18.1 Å². The van der Waals surface area contributed by atoms with Crippen LogP contribution in [0.25, 0.3) is 0 Å². The quantitative estimate of drug-likeness (QED) is 0.693. The number of carbonyl (C=O) groups is 1. The number of alkyl halides is 3. The van der Waals surface area contributed by atoms with Gasteiger partial charge < -0.3 is 9.53 Å². The first-order valence-electron chi connectivity index (χ1n) is 4.79. The molecule has 0 spiro atoms. The summed E-state index contributed by atoms with van der Waals surface area (Å²) in [7, 11) is 0. The normalized spacial score (nSPS) is 19.8. The van der Waals surface area contributed by atoms with Gasteiger partial charge in [0, 0.05) is 0 Å². The topological polar surface area (TPSA) is 26.3 Å². The summed E-state index contributed by atoms with van der Waals surface area (Å²) in [6.45, 7) is 0.238. The summed E-state index contributed by atoms with van der Waals surface area (Å²) in [5.41, 5.74) is -0.264. The summed E-state index contributed by atoms with van der Waals surface area (Å²) in [5.74, 6) is 0.0853. The van der Waals surface area contributed by atoms with Gasteiger partial charge in [-0.1, -0.05) is 0 Å². The molecule has 0 N–H and O–H groups in total. The number of benzene rings is 1. The summed E-state index contributed by atoms with van der Waals surface area (Å²) in [6, 6.07) is 3.34. The van der Waals surface area contributed by atoms with Gasteiger partial charge in [0.15, 0.2) is 0 Å². The Bertz CT molecular complexity index is 412. The predicted octanol–water partition coefficient (Wildman–Crippen LogP) is 2.46. The van der Waals surface area contributed by atoms with Gasteiger partial charge in [-0.3, -0.25) is 0 Å². The lowest BCUT2D eigenvalue weighted by atomic mass is 9.96. The van der Waals surface area contributed by atoms with Crippen LogP contribution < -0.4 is 4.74 Å². The van der Waals surface area contributed by atoms with E-state index in [4.69, 9.17) is 4.74 Å². The Labute approximate surface area is 90.0 Å². The van der Waals surface area contributed by atoms with E-state index in [9.17, 15) is 18.0 Å². The number of hydrogen-bond donors (Lipinski definition) is 0. The molecule has 1 aliphatic heterocycles. The fourth-order valence-corrected chi connectivity index (χ4v) is 1.68. The van der Waals surface area contributed by atoms with E-state index in [0.717, 1.165) is 12.1 Å². The van der Waals surface area contributed by atoms with Gasteiger partial charge in [-0.25, -0.2) is 0 Å². The van der Waals surface area contributed by atoms with Gasteiger partial charge >= 0.3 is 6.18 Å². The Morgan fingerprint density at radius 2 is 2.12 bits per heavy atom. The Hall–Kier alpha value is -1.52. The molecular weight excluding hydrogens is 221 g/mol. The van der Waals surface area contributed by atoms with Crippen LogP contribution in [0.15, 0.2) is 18.2 Å². The van der Waals surface area contributed by atoms with Crippen LogP contribution in [0.5, 0.6) is 5.75 Å². The van der Waals surface area contributed by atoms with Crippen LogP contribution in [0, 0.1) is 5.92 Å². The predicted molar refractivity (Wildman–Crippen MR) is 50.2 cm³/mol. The van der Waals surface area contributed by atoms with Crippen molar-refractivity contribution in [3.05, 3.63) is 29.3 Å². The molecule has 0 fully saturated rings. The van der Waals surface area contributed by atoms with Crippen LogP contribution in [-0.2, 0) is 17.4 Å². The number of fused-ring (bicyclic) bond motifs is 1. The molecule has 1 atom stereocenters. The molecule has 0 aromatic heterocycles. The highest BCUT2D eigenvalue weighted by molar-refractivity contribution is 5.56. The molecule has 16 heavy (non-hydrogen) atoms. The van der Waals surface area contributed by atoms with Crippen LogP contribution in [0.4, 0.5) is 13.2 Å². The molecule has 1 aromatic rings. The van der Waals surface area contributed by atoms with E-state index < -0.39 is 11.7 Å². The first-order chi connectivity index (χ1) is 7.50. The maximum absolute atomic E-state index is 12.4. The molecule has 1 aromatic carbocycles. The molecule has 0 radical (unpaired) electrons. The van der Waals surface area contributed by atoms with E-state index in [0.29, 0.717) is 24.0 Å². The van der Waals surface area contributed by atoms with Crippen molar-refractivity contribution >= 4 is 6.29 Å². The van der Waals surface area contributed by atoms with Crippen molar-refractivity contribution < 1.29 is 22.7 Å². The number of aldehydes is 1. The molecule has 86 valence electrons. The number of hydrogen-bond acceptors (Lipinski definition) is 2. The molecule has 2 rings (SSSR count). The van der Waals surface area contributed by atoms with Crippen LogP contribution in [-0.4, -0.2) is 12.9 Å². The largest absolute Gasteiger partial charge is 0.493 e. The summed E-state index contributed by atoms with van der Waals surface area (Å²) in [4.78, 5) is 10.5. The minimum atomic E-state index is -4.36. The van der Waals surface area contributed by atoms with Crippen LogP contribution in [0.3, 0.4) is 0 Å². The third-order valence-corrected chi connectivity index (χ3v) is 2.52. The van der Waals surface area contributed by atoms with Crippen molar-refractivity contribution in [3.63, 3.8) is 0 Å². The highest BCUT2D eigenvalue weighted by Crippen LogP contribution is 2.34. The Kier molecular flexibility index (Phi) is 2.61. The molecule has 2 nitrogen and oxygen atoms in total. The second kappa shape index (κ2) is 3.81. The first kappa shape index (κ1) is 11.0. The van der Waals surface area contributed by atoms with Crippen molar-refractivity contribution in [3.8, 4) is 5.75 Å². The third-order valence-electron chi connectivity index (χ3n) is 2.52. The molecule has 0 aliphatic carbocycles. The van der Waals surface area contributed by atoms with E-state index in [-0.39, 0.29) is 12.5 Å². The Morgan fingerprint density at radius 3 is 2.75 bits per heavy atom. The minimum absolute atomic E-state index is 0.238. The number of rotatable bonds is 1. The van der Waals surface area contributed by atoms with E-state index in [1.165, 1.54) is 6.07 Å². The maximum atomic E-state index is 12.4. The number of ether oxygens (including phenoxy) is 1. The number of carbonyl (C=O) groups excluding carboxylic acids is 1. The van der Waals surface area contributed by atoms with Crippen molar-refractivity contribution in [1.29, 1.82) is 0 Å². The SMILES string of the molecule is O=CC1COc2ccc(C(F)(F)F)cc2C1. The highest BCUT2D eigenvalue weighted by atomic mass is 19.4. The molecule has 1 aliphatic rings. The zero-order chi connectivity index (χ0) is 11.8. The van der Waals surface area contributed by atoms with Gasteiger partial charge in [-0.05, 0) is 30.2 Å². The fraction of sp³-hybridized carbons (Fsp3) is 0.364. The highest BCUT2D eigenvalue weighted by Gasteiger charge is 2.32. The molecule has 1 heterocycles. The second-order valence-corrected chi connectivity index (χ2v) is 3.73. The van der Waals surface area contributed by atoms with Gasteiger partial charge in [-0.15, -0.1) is 0 Å². The van der Waals surface area contributed by atoms with E-state index in [1.54, 1.807) is 0 Å². The monoisotopic (exact) mass is 230 g/mol. The molecule has 5 heteroatoms. The van der Waals surface area contributed by atoms with Gasteiger partial charge in [-0.2, -0.15) is 13.2 Å². The van der Waals surface area contributed by atoms with Crippen molar-refractivity contribution in [2.45, 2.75) is 12.6 Å². The van der Waals surface area contributed by atoms with Crippen LogP contribution in [0.1, 0.15) is 11.1 Å². The van der Waals surface area contributed by atoms with E-state index >= 15 is 0 Å². The second-order valence-electron chi connectivity index (χ2n) is 3.73. The van der Waals surface area contributed by atoms with Gasteiger partial charge in [0.25, 0.3) is 0 Å². The Balaban J connectivity index is 2.34. The zero-order valence-electron chi connectivity index (χ0n) is 8.25. The average molecular weight is 230 g/mol. The lowest BCUT2D eigenvalue weighted by molar-refractivity contribution is -0.137. The average Bonchev–Trinajstić information content (AvgIpc) is 2.26. The lowest BCUT2D eigenvalue weighted by Gasteiger charge is -2.22. The zero-order valence-corrected chi connectivity index (χ0v) is 8.25. The lowest BCUT2D eigenvalue weighted by Crippen LogP contribution is -2.22. The fourth-order valence-electron chi connectivity index (χ4n) is 1.68. The molecule has 0 saturated heterocycles. The summed E-state index contributed by atoms with van der Waals surface area (Å²) < 4.78 is 42.5. The third kappa shape index (κ3) is 2.03. The maximum Gasteiger partial charge on any atom is 0.416 e. The Morgan fingerprint density at radius 1 is 1.38 bits per heavy atom. The van der Waals surface area contributed by atoms with E-state index in [1.807, 2.05) is 0 Å². The standard InChI is InChI=1S/C11H9F3O2/c12-11(13,14)9-1-2-10-8(4-9)3-7(5-15)6-16-10/h1-2,4-5,7H,3,6H2. The molecule has 1 unspecified atom stereocenters. The van der Waals surface area contributed by atoms with Crippen molar-refractivity contribution in [1.82, 2.24) is 0 Å². The summed E-state index contributed by atoms with van der Waals surface area (Å²) in [5, 5.41) is 0. The van der Waals surface area contributed by atoms with Crippen molar-refractivity contribution in [2.75, 3.05) is 6.61 Å². The van der Waals surface area contributed by atoms with Crippen LogP contribution >= 0.6 is 0 Å². The molecule has 0 bridgehead atoms.